The van der Waals surface area contributed by atoms with E-state index in [0.717, 1.165) is 0 Å². The lowest BCUT2D eigenvalue weighted by molar-refractivity contribution is -0.139. The number of benzene rings is 1. The fourth-order valence-corrected chi connectivity index (χ4v) is 1.63. The maximum atomic E-state index is 10.9. The molecule has 5 nitrogen and oxygen atoms in total. The minimum Gasteiger partial charge on any atom is -0.492 e. The lowest BCUT2D eigenvalue weighted by atomic mass is 10.0. The first-order valence-corrected chi connectivity index (χ1v) is 4.76. The van der Waals surface area contributed by atoms with Crippen LogP contribution in [0.15, 0.2) is 18.2 Å². The molecule has 1 aliphatic heterocycles. The van der Waals surface area contributed by atoms with Crippen LogP contribution in [0.4, 0.5) is 0 Å². The second kappa shape index (κ2) is 3.84. The van der Waals surface area contributed by atoms with E-state index in [2.05, 4.69) is 0 Å². The van der Waals surface area contributed by atoms with Gasteiger partial charge in [-0.1, -0.05) is 0 Å². The average Bonchev–Trinajstić information content (AvgIpc) is 2.59. The molecule has 5 heteroatoms. The van der Waals surface area contributed by atoms with E-state index in [1.54, 1.807) is 12.1 Å². The van der Waals surface area contributed by atoms with Crippen molar-refractivity contribution in [3.05, 3.63) is 23.8 Å². The molecule has 0 unspecified atom stereocenters. The Balaban J connectivity index is 2.33. The third-order valence-corrected chi connectivity index (χ3v) is 2.32. The summed E-state index contributed by atoms with van der Waals surface area (Å²) in [6.07, 6.45) is 0. The van der Waals surface area contributed by atoms with Crippen molar-refractivity contribution in [3.63, 3.8) is 0 Å². The summed E-state index contributed by atoms with van der Waals surface area (Å²) < 4.78 is 10.1. The van der Waals surface area contributed by atoms with Crippen molar-refractivity contribution >= 4 is 11.9 Å². The van der Waals surface area contributed by atoms with Crippen molar-refractivity contribution in [1.82, 2.24) is 0 Å². The highest BCUT2D eigenvalue weighted by Gasteiger charge is 2.30. The SMILES string of the molecule is CC(=O)Oc1ccc2c(c1)[C@H](C(=O)O)CO2. The maximum Gasteiger partial charge on any atom is 0.314 e. The molecular formula is C11H10O5. The summed E-state index contributed by atoms with van der Waals surface area (Å²) in [5.41, 5.74) is 0.547. The first kappa shape index (κ1) is 10.5. The quantitative estimate of drug-likeness (QED) is 0.600. The molecule has 16 heavy (non-hydrogen) atoms. The summed E-state index contributed by atoms with van der Waals surface area (Å²) in [6, 6.07) is 4.71. The molecular weight excluding hydrogens is 212 g/mol. The molecule has 0 radical (unpaired) electrons. The lowest BCUT2D eigenvalue weighted by Gasteiger charge is -2.05. The summed E-state index contributed by atoms with van der Waals surface area (Å²) >= 11 is 0. The van der Waals surface area contributed by atoms with Crippen molar-refractivity contribution in [3.8, 4) is 11.5 Å². The second-order valence-electron chi connectivity index (χ2n) is 3.50. The van der Waals surface area contributed by atoms with E-state index in [1.165, 1.54) is 13.0 Å². The molecule has 0 aliphatic carbocycles. The van der Waals surface area contributed by atoms with Gasteiger partial charge < -0.3 is 14.6 Å². The first-order chi connectivity index (χ1) is 7.58. The zero-order chi connectivity index (χ0) is 11.7. The van der Waals surface area contributed by atoms with Crippen LogP contribution in [0, 0.1) is 0 Å². The van der Waals surface area contributed by atoms with Gasteiger partial charge in [-0.25, -0.2) is 0 Å². The standard InChI is InChI=1S/C11H10O5/c1-6(12)16-7-2-3-10-8(4-7)9(5-15-10)11(13)14/h2-4,9H,5H2,1H3,(H,13,14)/t9-/m1/s1. The zero-order valence-corrected chi connectivity index (χ0v) is 8.60. The number of carbonyl (C=O) groups is 2. The van der Waals surface area contributed by atoms with Gasteiger partial charge in [-0.2, -0.15) is 0 Å². The highest BCUT2D eigenvalue weighted by molar-refractivity contribution is 5.79. The highest BCUT2D eigenvalue weighted by Crippen LogP contribution is 2.36. The summed E-state index contributed by atoms with van der Waals surface area (Å²) in [7, 11) is 0. The van der Waals surface area contributed by atoms with Gasteiger partial charge in [0.15, 0.2) is 0 Å². The minimum absolute atomic E-state index is 0.119. The van der Waals surface area contributed by atoms with Crippen LogP contribution in [-0.4, -0.2) is 23.7 Å². The van der Waals surface area contributed by atoms with Crippen molar-refractivity contribution in [2.45, 2.75) is 12.8 Å². The summed E-state index contributed by atoms with van der Waals surface area (Å²) in [5.74, 6) is -1.21. The fourth-order valence-electron chi connectivity index (χ4n) is 1.63. The van der Waals surface area contributed by atoms with Crippen LogP contribution >= 0.6 is 0 Å². The molecule has 1 aliphatic rings. The van der Waals surface area contributed by atoms with Gasteiger partial charge in [0.05, 0.1) is 0 Å². The summed E-state index contributed by atoms with van der Waals surface area (Å²) in [4.78, 5) is 21.7. The van der Waals surface area contributed by atoms with E-state index < -0.39 is 17.9 Å². The number of carboxylic acids is 1. The van der Waals surface area contributed by atoms with E-state index in [1.807, 2.05) is 0 Å². The van der Waals surface area contributed by atoms with Gasteiger partial charge in [-0.05, 0) is 18.2 Å². The van der Waals surface area contributed by atoms with Crippen LogP contribution in [0.25, 0.3) is 0 Å². The number of carboxylic acid groups (broad SMARTS) is 1. The van der Waals surface area contributed by atoms with Crippen molar-refractivity contribution in [2.24, 2.45) is 0 Å². The predicted molar refractivity (Wildman–Crippen MR) is 53.6 cm³/mol. The fraction of sp³-hybridized carbons (Fsp3) is 0.273. The molecule has 0 fully saturated rings. The van der Waals surface area contributed by atoms with Gasteiger partial charge in [-0.15, -0.1) is 0 Å². The Morgan fingerprint density at radius 2 is 2.25 bits per heavy atom. The number of hydrogen-bond acceptors (Lipinski definition) is 4. The molecule has 1 aromatic carbocycles. The number of rotatable bonds is 2. The van der Waals surface area contributed by atoms with Gasteiger partial charge in [0.2, 0.25) is 0 Å². The van der Waals surface area contributed by atoms with Crippen LogP contribution in [0.5, 0.6) is 11.5 Å². The summed E-state index contributed by atoms with van der Waals surface area (Å²) in [6.45, 7) is 1.41. The third kappa shape index (κ3) is 1.84. The molecule has 0 bridgehead atoms. The smallest absolute Gasteiger partial charge is 0.314 e. The molecule has 0 saturated carbocycles. The number of hydrogen-bond donors (Lipinski definition) is 1. The molecule has 1 atom stereocenters. The van der Waals surface area contributed by atoms with E-state index in [0.29, 0.717) is 17.1 Å². The molecule has 1 N–H and O–H groups in total. The molecule has 1 heterocycles. The normalized spacial score (nSPS) is 17.4. The monoisotopic (exact) mass is 222 g/mol. The Bertz CT molecular complexity index is 452. The molecule has 0 amide bonds. The molecule has 1 aromatic rings. The van der Waals surface area contributed by atoms with Crippen LogP contribution < -0.4 is 9.47 Å². The van der Waals surface area contributed by atoms with E-state index in [4.69, 9.17) is 14.6 Å². The predicted octanol–water partition coefficient (Wildman–Crippen LogP) is 1.17. The van der Waals surface area contributed by atoms with Gasteiger partial charge in [0.1, 0.15) is 24.0 Å². The molecule has 84 valence electrons. The Labute approximate surface area is 91.6 Å². The average molecular weight is 222 g/mol. The Morgan fingerprint density at radius 3 is 2.88 bits per heavy atom. The maximum absolute atomic E-state index is 10.9. The number of aliphatic carboxylic acids is 1. The zero-order valence-electron chi connectivity index (χ0n) is 8.60. The van der Waals surface area contributed by atoms with Gasteiger partial charge in [0.25, 0.3) is 0 Å². The summed E-state index contributed by atoms with van der Waals surface area (Å²) in [5, 5.41) is 8.95. The molecule has 0 saturated heterocycles. The molecule has 0 aromatic heterocycles. The van der Waals surface area contributed by atoms with Crippen molar-refractivity contribution in [2.75, 3.05) is 6.61 Å². The highest BCUT2D eigenvalue weighted by atomic mass is 16.5. The van der Waals surface area contributed by atoms with Gasteiger partial charge >= 0.3 is 11.9 Å². The minimum atomic E-state index is -0.946. The number of carbonyl (C=O) groups excluding carboxylic acids is 1. The van der Waals surface area contributed by atoms with Gasteiger partial charge in [0, 0.05) is 12.5 Å². The van der Waals surface area contributed by atoms with Crippen molar-refractivity contribution in [1.29, 1.82) is 0 Å². The number of fused-ring (bicyclic) bond motifs is 1. The Kier molecular flexibility index (Phi) is 2.52. The van der Waals surface area contributed by atoms with Crippen LogP contribution in [0.2, 0.25) is 0 Å². The number of esters is 1. The van der Waals surface area contributed by atoms with Crippen molar-refractivity contribution < 1.29 is 24.2 Å². The lowest BCUT2D eigenvalue weighted by Crippen LogP contribution is -2.12. The Morgan fingerprint density at radius 1 is 1.50 bits per heavy atom. The van der Waals surface area contributed by atoms with Crippen LogP contribution in [0.3, 0.4) is 0 Å². The number of ether oxygens (including phenoxy) is 2. The molecule has 0 spiro atoms. The first-order valence-electron chi connectivity index (χ1n) is 4.76. The topological polar surface area (TPSA) is 72.8 Å². The van der Waals surface area contributed by atoms with Crippen LogP contribution in [-0.2, 0) is 9.59 Å². The van der Waals surface area contributed by atoms with Crippen LogP contribution in [0.1, 0.15) is 18.4 Å². The van der Waals surface area contributed by atoms with E-state index >= 15 is 0 Å². The second-order valence-corrected chi connectivity index (χ2v) is 3.50. The molecule has 2 rings (SSSR count). The van der Waals surface area contributed by atoms with E-state index in [-0.39, 0.29) is 6.61 Å². The van der Waals surface area contributed by atoms with E-state index in [9.17, 15) is 9.59 Å². The largest absolute Gasteiger partial charge is 0.492 e. The Hall–Kier alpha value is -2.04. The third-order valence-electron chi connectivity index (χ3n) is 2.32. The van der Waals surface area contributed by atoms with Gasteiger partial charge in [-0.3, -0.25) is 9.59 Å².